The van der Waals surface area contributed by atoms with Gasteiger partial charge in [-0.25, -0.2) is 0 Å². The van der Waals surface area contributed by atoms with Gasteiger partial charge in [0.25, 0.3) is 0 Å². The second-order valence-electron chi connectivity index (χ2n) is 3.71. The highest BCUT2D eigenvalue weighted by molar-refractivity contribution is 7.98. The molecule has 0 spiro atoms. The molecule has 0 radical (unpaired) electrons. The molecule has 6 heteroatoms. The van der Waals surface area contributed by atoms with Gasteiger partial charge in [0.1, 0.15) is 10.7 Å². The van der Waals surface area contributed by atoms with Crippen LogP contribution in [-0.4, -0.2) is 46.6 Å². The number of aromatic nitrogens is 2. The molecular formula is C10H20N4S2. The average Bonchev–Trinajstić information content (AvgIpc) is 2.71. The van der Waals surface area contributed by atoms with Crippen LogP contribution >= 0.6 is 23.3 Å². The first kappa shape index (κ1) is 13.7. The fourth-order valence-electron chi connectivity index (χ4n) is 1.27. The summed E-state index contributed by atoms with van der Waals surface area (Å²) in [5.41, 5.74) is 1.07. The largest absolute Gasteiger partial charge is 0.374 e. The summed E-state index contributed by atoms with van der Waals surface area (Å²) < 4.78 is 4.01. The molecule has 1 rings (SSSR count). The highest BCUT2D eigenvalue weighted by Crippen LogP contribution is 2.18. The van der Waals surface area contributed by atoms with Gasteiger partial charge in [0.05, 0.1) is 0 Å². The molecular weight excluding hydrogens is 240 g/mol. The predicted molar refractivity (Wildman–Crippen MR) is 73.4 cm³/mol. The SMILES string of the molecule is CCCNc1snnc1CN(C)CCSC. The molecule has 0 unspecified atom stereocenters. The number of thioether (sulfide) groups is 1. The van der Waals surface area contributed by atoms with Gasteiger partial charge in [-0.2, -0.15) is 11.8 Å². The summed E-state index contributed by atoms with van der Waals surface area (Å²) in [5.74, 6) is 1.16. The van der Waals surface area contributed by atoms with Crippen molar-refractivity contribution in [2.75, 3.05) is 37.5 Å². The maximum absolute atomic E-state index is 4.17. The van der Waals surface area contributed by atoms with Crippen LogP contribution in [-0.2, 0) is 6.54 Å². The Bertz CT molecular complexity index is 290. The van der Waals surface area contributed by atoms with Crippen LogP contribution in [0.1, 0.15) is 19.0 Å². The van der Waals surface area contributed by atoms with E-state index in [0.717, 1.165) is 42.5 Å². The number of nitrogens with one attached hydrogen (secondary N) is 1. The monoisotopic (exact) mass is 260 g/mol. The lowest BCUT2D eigenvalue weighted by Crippen LogP contribution is -2.21. The predicted octanol–water partition coefficient (Wildman–Crippen LogP) is 2.15. The van der Waals surface area contributed by atoms with Gasteiger partial charge in [0.2, 0.25) is 0 Å². The third kappa shape index (κ3) is 4.67. The van der Waals surface area contributed by atoms with E-state index in [2.05, 4.69) is 40.0 Å². The Hall–Kier alpha value is -0.330. The summed E-state index contributed by atoms with van der Waals surface area (Å²) in [7, 11) is 2.12. The van der Waals surface area contributed by atoms with Gasteiger partial charge in [-0.05, 0) is 19.7 Å². The van der Waals surface area contributed by atoms with E-state index in [1.807, 2.05) is 11.8 Å². The fraction of sp³-hybridized carbons (Fsp3) is 0.800. The van der Waals surface area contributed by atoms with Crippen LogP contribution in [0.5, 0.6) is 0 Å². The maximum atomic E-state index is 4.17. The molecule has 1 N–H and O–H groups in total. The van der Waals surface area contributed by atoms with Crippen molar-refractivity contribution in [1.29, 1.82) is 0 Å². The molecule has 0 saturated carbocycles. The Labute approximate surface area is 106 Å². The molecule has 1 aromatic heterocycles. The summed E-state index contributed by atoms with van der Waals surface area (Å²) in [6, 6.07) is 0. The molecule has 4 nitrogen and oxygen atoms in total. The van der Waals surface area contributed by atoms with Crippen LogP contribution in [0.4, 0.5) is 5.00 Å². The molecule has 1 heterocycles. The van der Waals surface area contributed by atoms with E-state index in [1.54, 1.807) is 0 Å². The molecule has 0 aliphatic heterocycles. The van der Waals surface area contributed by atoms with E-state index in [9.17, 15) is 0 Å². The average molecular weight is 260 g/mol. The first-order valence-electron chi connectivity index (χ1n) is 5.50. The van der Waals surface area contributed by atoms with Gasteiger partial charge in [-0.3, -0.25) is 4.90 Å². The van der Waals surface area contributed by atoms with Gasteiger partial charge in [-0.15, -0.1) is 5.10 Å². The summed E-state index contributed by atoms with van der Waals surface area (Å²) in [5, 5.41) is 8.66. The van der Waals surface area contributed by atoms with Crippen molar-refractivity contribution in [2.24, 2.45) is 0 Å². The molecule has 1 aromatic rings. The first-order chi connectivity index (χ1) is 7.77. The Balaban J connectivity index is 2.42. The zero-order chi connectivity index (χ0) is 11.8. The van der Waals surface area contributed by atoms with Crippen molar-refractivity contribution in [3.05, 3.63) is 5.69 Å². The van der Waals surface area contributed by atoms with E-state index in [4.69, 9.17) is 0 Å². The van der Waals surface area contributed by atoms with Crippen LogP contribution in [0.25, 0.3) is 0 Å². The normalized spacial score (nSPS) is 11.0. The van der Waals surface area contributed by atoms with Crippen LogP contribution in [0, 0.1) is 0 Å². The van der Waals surface area contributed by atoms with Crippen LogP contribution < -0.4 is 5.32 Å². The molecule has 0 amide bonds. The smallest absolute Gasteiger partial charge is 0.134 e. The second kappa shape index (κ2) is 7.86. The molecule has 0 aliphatic carbocycles. The minimum absolute atomic E-state index is 0.878. The summed E-state index contributed by atoms with van der Waals surface area (Å²) >= 11 is 3.32. The molecule has 0 saturated heterocycles. The lowest BCUT2D eigenvalue weighted by Gasteiger charge is -2.14. The van der Waals surface area contributed by atoms with Crippen molar-refractivity contribution in [3.63, 3.8) is 0 Å². The Morgan fingerprint density at radius 1 is 1.50 bits per heavy atom. The Kier molecular flexibility index (Phi) is 6.75. The molecule has 0 aromatic carbocycles. The van der Waals surface area contributed by atoms with Crippen molar-refractivity contribution in [2.45, 2.75) is 19.9 Å². The van der Waals surface area contributed by atoms with E-state index in [1.165, 1.54) is 11.5 Å². The quantitative estimate of drug-likeness (QED) is 0.775. The number of hydrogen-bond acceptors (Lipinski definition) is 6. The summed E-state index contributed by atoms with van der Waals surface area (Å²) in [6.07, 6.45) is 3.26. The van der Waals surface area contributed by atoms with Crippen molar-refractivity contribution < 1.29 is 0 Å². The number of hydrogen-bond donors (Lipinski definition) is 1. The van der Waals surface area contributed by atoms with Gasteiger partial charge in [-0.1, -0.05) is 11.4 Å². The van der Waals surface area contributed by atoms with Crippen LogP contribution in [0.3, 0.4) is 0 Å². The van der Waals surface area contributed by atoms with Crippen LogP contribution in [0.15, 0.2) is 0 Å². The summed E-state index contributed by atoms with van der Waals surface area (Å²) in [4.78, 5) is 2.28. The molecule has 0 aliphatic rings. The van der Waals surface area contributed by atoms with Gasteiger partial charge < -0.3 is 5.32 Å². The highest BCUT2D eigenvalue weighted by Gasteiger charge is 2.09. The van der Waals surface area contributed by atoms with Gasteiger partial charge in [0.15, 0.2) is 0 Å². The second-order valence-corrected chi connectivity index (χ2v) is 5.45. The lowest BCUT2D eigenvalue weighted by atomic mass is 10.4. The number of rotatable bonds is 8. The Morgan fingerprint density at radius 2 is 2.31 bits per heavy atom. The van der Waals surface area contributed by atoms with Gasteiger partial charge in [0, 0.05) is 36.9 Å². The standard InChI is InChI=1S/C10H20N4S2/c1-4-5-11-10-9(12-13-16-10)8-14(2)6-7-15-3/h11H,4-8H2,1-3H3. The van der Waals surface area contributed by atoms with Crippen molar-refractivity contribution in [3.8, 4) is 0 Å². The minimum Gasteiger partial charge on any atom is -0.374 e. The molecule has 0 fully saturated rings. The number of nitrogens with zero attached hydrogens (tertiary/aromatic N) is 3. The van der Waals surface area contributed by atoms with E-state index in [0.29, 0.717) is 0 Å². The fourth-order valence-corrected chi connectivity index (χ4v) is 2.36. The van der Waals surface area contributed by atoms with Crippen LogP contribution in [0.2, 0.25) is 0 Å². The number of anilines is 1. The van der Waals surface area contributed by atoms with E-state index < -0.39 is 0 Å². The first-order valence-corrected chi connectivity index (χ1v) is 7.67. The Morgan fingerprint density at radius 3 is 3.00 bits per heavy atom. The zero-order valence-electron chi connectivity index (χ0n) is 10.2. The van der Waals surface area contributed by atoms with Gasteiger partial charge >= 0.3 is 0 Å². The highest BCUT2D eigenvalue weighted by atomic mass is 32.2. The third-order valence-electron chi connectivity index (χ3n) is 2.19. The van der Waals surface area contributed by atoms with E-state index >= 15 is 0 Å². The third-order valence-corrected chi connectivity index (χ3v) is 3.50. The maximum Gasteiger partial charge on any atom is 0.134 e. The van der Waals surface area contributed by atoms with Crippen molar-refractivity contribution in [1.82, 2.24) is 14.5 Å². The molecule has 92 valence electrons. The molecule has 0 atom stereocenters. The minimum atomic E-state index is 0.878. The topological polar surface area (TPSA) is 41.1 Å². The summed E-state index contributed by atoms with van der Waals surface area (Å²) in [6.45, 7) is 5.12. The zero-order valence-corrected chi connectivity index (χ0v) is 11.8. The lowest BCUT2D eigenvalue weighted by molar-refractivity contribution is 0.344. The van der Waals surface area contributed by atoms with Crippen molar-refractivity contribution >= 4 is 28.3 Å². The molecule has 16 heavy (non-hydrogen) atoms. The molecule has 0 bridgehead atoms. The van der Waals surface area contributed by atoms with E-state index in [-0.39, 0.29) is 0 Å².